The van der Waals surface area contributed by atoms with Crippen molar-refractivity contribution in [1.82, 2.24) is 9.78 Å². The summed E-state index contributed by atoms with van der Waals surface area (Å²) in [6.07, 6.45) is -0.0213. The van der Waals surface area contributed by atoms with Crippen molar-refractivity contribution in [2.45, 2.75) is 54.2 Å². The van der Waals surface area contributed by atoms with Crippen molar-refractivity contribution in [3.63, 3.8) is 0 Å². The van der Waals surface area contributed by atoms with Crippen molar-refractivity contribution < 1.29 is 5.11 Å². The van der Waals surface area contributed by atoms with Gasteiger partial charge < -0.3 is 0 Å². The fourth-order valence-corrected chi connectivity index (χ4v) is 10.2. The second-order valence-electron chi connectivity index (χ2n) is 4.78. The molecular formula is C12H20N2OSe2. The number of aliphatic hydroxyl groups excluding tert-OH is 1. The zero-order chi connectivity index (χ0) is 12.6. The summed E-state index contributed by atoms with van der Waals surface area (Å²) < 4.78 is 2.88. The molecule has 0 bridgehead atoms. The first-order chi connectivity index (χ1) is 8.00. The predicted molar refractivity (Wildman–Crippen MR) is 72.0 cm³/mol. The molecule has 1 fully saturated rings. The number of aliphatic hydroxyl groups is 1. The van der Waals surface area contributed by atoms with Crippen molar-refractivity contribution in [2.75, 3.05) is 0 Å². The van der Waals surface area contributed by atoms with E-state index in [1.807, 2.05) is 0 Å². The molecule has 0 aliphatic carbocycles. The Hall–Kier alpha value is 0.209. The molecule has 0 atom stereocenters. The Kier molecular flexibility index (Phi) is 4.38. The van der Waals surface area contributed by atoms with Gasteiger partial charge in [0, 0.05) is 0 Å². The van der Waals surface area contributed by atoms with Crippen molar-refractivity contribution in [3.05, 3.63) is 17.0 Å². The molecule has 1 aliphatic rings. The first kappa shape index (κ1) is 13.6. The van der Waals surface area contributed by atoms with E-state index in [-0.39, 0.29) is 6.10 Å². The third-order valence-electron chi connectivity index (χ3n) is 2.99. The van der Waals surface area contributed by atoms with Crippen LogP contribution in [0.4, 0.5) is 0 Å². The second kappa shape index (κ2) is 5.46. The molecule has 0 unspecified atom stereocenters. The van der Waals surface area contributed by atoms with Gasteiger partial charge in [0.25, 0.3) is 0 Å². The topological polar surface area (TPSA) is 38.0 Å². The number of aryl methyl sites for hydroxylation is 1. The normalized spacial score (nSPS) is 25.5. The maximum absolute atomic E-state index is 9.62. The number of nitrogens with zero attached hydrogens (tertiary/aromatic N) is 2. The summed E-state index contributed by atoms with van der Waals surface area (Å²) >= 11 is 1.11. The van der Waals surface area contributed by atoms with Crippen molar-refractivity contribution in [1.29, 1.82) is 0 Å². The van der Waals surface area contributed by atoms with Crippen LogP contribution in [0, 0.1) is 13.8 Å². The van der Waals surface area contributed by atoms with Crippen molar-refractivity contribution in [3.8, 4) is 0 Å². The Balaban J connectivity index is 2.26. The second-order valence-corrected chi connectivity index (χ2v) is 11.1. The van der Waals surface area contributed by atoms with Gasteiger partial charge in [-0.15, -0.1) is 0 Å². The van der Waals surface area contributed by atoms with Crippen molar-refractivity contribution in [2.24, 2.45) is 0 Å². The van der Waals surface area contributed by atoms with E-state index >= 15 is 0 Å². The van der Waals surface area contributed by atoms with E-state index in [9.17, 15) is 5.11 Å². The average molecular weight is 366 g/mol. The molecule has 2 rings (SSSR count). The fourth-order valence-electron chi connectivity index (χ4n) is 2.18. The van der Waals surface area contributed by atoms with Gasteiger partial charge in [-0.2, -0.15) is 0 Å². The average Bonchev–Trinajstić information content (AvgIpc) is 2.56. The molecular weight excluding hydrogens is 346 g/mol. The van der Waals surface area contributed by atoms with Crippen LogP contribution < -0.4 is 0 Å². The van der Waals surface area contributed by atoms with Gasteiger partial charge in [0.1, 0.15) is 0 Å². The third-order valence-corrected chi connectivity index (χ3v) is 10.6. The van der Waals surface area contributed by atoms with Crippen LogP contribution in [0.5, 0.6) is 0 Å². The summed E-state index contributed by atoms with van der Waals surface area (Å²) in [6, 6.07) is 0.441. The summed E-state index contributed by atoms with van der Waals surface area (Å²) in [5.41, 5.74) is 4.05. The Morgan fingerprint density at radius 2 is 1.88 bits per heavy atom. The SMILES string of the molecule is Cc1nn(C(C)C)c(C)c1C1[Se]CC(O)C[Se]1. The van der Waals surface area contributed by atoms with Crippen LogP contribution in [0.15, 0.2) is 0 Å². The number of rotatable bonds is 2. The van der Waals surface area contributed by atoms with Gasteiger partial charge in [-0.3, -0.25) is 0 Å². The molecule has 1 aliphatic heterocycles. The summed E-state index contributed by atoms with van der Waals surface area (Å²) in [4.78, 5) is 0. The molecule has 0 spiro atoms. The first-order valence-electron chi connectivity index (χ1n) is 5.97. The van der Waals surface area contributed by atoms with E-state index in [4.69, 9.17) is 0 Å². The molecule has 5 heteroatoms. The maximum atomic E-state index is 9.62. The predicted octanol–water partition coefficient (Wildman–Crippen LogP) is 1.70. The summed E-state index contributed by atoms with van der Waals surface area (Å²) in [7, 11) is 0. The van der Waals surface area contributed by atoms with Gasteiger partial charge in [-0.1, -0.05) is 0 Å². The standard InChI is InChI=1S/C12H20N2OSe2/c1-7(2)14-9(4)11(8(3)13-14)12-16-5-10(15)6-17-12/h7,10,12,15H,5-6H2,1-4H3. The van der Waals surface area contributed by atoms with Gasteiger partial charge >= 0.3 is 116 Å². The van der Waals surface area contributed by atoms with E-state index in [0.29, 0.717) is 36.0 Å². The van der Waals surface area contributed by atoms with E-state index < -0.39 is 0 Å². The molecule has 0 aromatic carbocycles. The quantitative estimate of drug-likeness (QED) is 0.810. The Labute approximate surface area is 116 Å². The monoisotopic (exact) mass is 368 g/mol. The number of hydrogen-bond donors (Lipinski definition) is 1. The molecule has 1 saturated heterocycles. The van der Waals surface area contributed by atoms with Crippen LogP contribution in [-0.4, -0.2) is 50.9 Å². The van der Waals surface area contributed by atoms with E-state index in [0.717, 1.165) is 14.4 Å². The Bertz CT molecular complexity index is 395. The van der Waals surface area contributed by atoms with Gasteiger partial charge in [0.05, 0.1) is 0 Å². The first-order valence-corrected chi connectivity index (χ1v) is 10.4. The zero-order valence-corrected chi connectivity index (χ0v) is 14.2. The van der Waals surface area contributed by atoms with Gasteiger partial charge in [-0.05, 0) is 0 Å². The zero-order valence-electron chi connectivity index (χ0n) is 10.8. The summed E-state index contributed by atoms with van der Waals surface area (Å²) in [5.74, 6) is 0. The van der Waals surface area contributed by atoms with Gasteiger partial charge in [0.15, 0.2) is 0 Å². The van der Waals surface area contributed by atoms with Crippen LogP contribution in [0.25, 0.3) is 0 Å². The Morgan fingerprint density at radius 3 is 2.35 bits per heavy atom. The Morgan fingerprint density at radius 1 is 1.29 bits per heavy atom. The van der Waals surface area contributed by atoms with E-state index in [2.05, 4.69) is 37.5 Å². The molecule has 1 N–H and O–H groups in total. The summed E-state index contributed by atoms with van der Waals surface area (Å²) in [6.45, 7) is 8.71. The third kappa shape index (κ3) is 2.80. The van der Waals surface area contributed by atoms with E-state index in [1.165, 1.54) is 17.0 Å². The van der Waals surface area contributed by atoms with Gasteiger partial charge in [-0.25, -0.2) is 0 Å². The van der Waals surface area contributed by atoms with Crippen LogP contribution in [0.2, 0.25) is 10.6 Å². The molecule has 3 nitrogen and oxygen atoms in total. The van der Waals surface area contributed by atoms with E-state index in [1.54, 1.807) is 0 Å². The molecule has 96 valence electrons. The number of hydrogen-bond acceptors (Lipinski definition) is 2. The van der Waals surface area contributed by atoms with Crippen molar-refractivity contribution >= 4 is 29.9 Å². The molecule has 2 heterocycles. The molecule has 0 amide bonds. The van der Waals surface area contributed by atoms with Crippen LogP contribution in [0.3, 0.4) is 0 Å². The minimum atomic E-state index is -0.0213. The van der Waals surface area contributed by atoms with Crippen LogP contribution in [-0.2, 0) is 0 Å². The fraction of sp³-hybridized carbons (Fsp3) is 0.750. The molecule has 0 saturated carbocycles. The molecule has 1 aromatic heterocycles. The molecule has 1 aromatic rings. The van der Waals surface area contributed by atoms with Crippen LogP contribution >= 0.6 is 0 Å². The number of aromatic nitrogens is 2. The minimum absolute atomic E-state index is 0.0213. The summed E-state index contributed by atoms with van der Waals surface area (Å²) in [5, 5.41) is 16.3. The molecule has 17 heavy (non-hydrogen) atoms. The van der Waals surface area contributed by atoms with Crippen LogP contribution in [0.1, 0.15) is 40.6 Å². The molecule has 0 radical (unpaired) electrons. The van der Waals surface area contributed by atoms with Gasteiger partial charge in [0.2, 0.25) is 0 Å².